The van der Waals surface area contributed by atoms with Gasteiger partial charge in [-0.2, -0.15) is 0 Å². The highest BCUT2D eigenvalue weighted by Crippen LogP contribution is 2.15. The normalized spacial score (nSPS) is 11.1. The first kappa shape index (κ1) is 17.3. The highest BCUT2D eigenvalue weighted by Gasteiger charge is 2.18. The number of para-hydroxylation sites is 1. The molecule has 21 heavy (non-hydrogen) atoms. The quantitative estimate of drug-likeness (QED) is 0.758. The molecular weight excluding hydrogens is 268 g/mol. The Balaban J connectivity index is 2.19. The summed E-state index contributed by atoms with van der Waals surface area (Å²) in [5.74, 6) is 0.878. The number of amides is 2. The Kier molecular flexibility index (Phi) is 6.49. The zero-order valence-corrected chi connectivity index (χ0v) is 13.3. The van der Waals surface area contributed by atoms with Gasteiger partial charge in [0.15, 0.2) is 0 Å². The summed E-state index contributed by atoms with van der Waals surface area (Å²) in [6, 6.07) is 7.66. The topological polar surface area (TPSA) is 61.8 Å². The third-order valence-corrected chi connectivity index (χ3v) is 2.92. The maximum atomic E-state index is 11.8. The van der Waals surface area contributed by atoms with Gasteiger partial charge in [-0.1, -0.05) is 18.2 Å². The number of likely N-dealkylation sites (N-methyl/N-ethyl adjacent to an activating group) is 1. The standard InChI is InChI=1S/C16H26N2O3/c1-13-8-5-6-9-14(13)21-11-7-10-17-15(19)18(4)12-16(2,3)20/h5-6,8-9,20H,7,10-12H2,1-4H3,(H,17,19). The van der Waals surface area contributed by atoms with Crippen LogP contribution in [0.2, 0.25) is 0 Å². The van der Waals surface area contributed by atoms with Crippen LogP contribution < -0.4 is 10.1 Å². The number of hydrogen-bond donors (Lipinski definition) is 2. The summed E-state index contributed by atoms with van der Waals surface area (Å²) < 4.78 is 5.65. The number of nitrogens with zero attached hydrogens (tertiary/aromatic N) is 1. The maximum absolute atomic E-state index is 11.8. The number of benzene rings is 1. The summed E-state index contributed by atoms with van der Waals surface area (Å²) >= 11 is 0. The van der Waals surface area contributed by atoms with Crippen LogP contribution in [0, 0.1) is 6.92 Å². The number of aryl methyl sites for hydroxylation is 1. The number of hydrogen-bond acceptors (Lipinski definition) is 3. The molecule has 5 nitrogen and oxygen atoms in total. The van der Waals surface area contributed by atoms with Crippen LogP contribution in [0.1, 0.15) is 25.8 Å². The molecule has 0 saturated carbocycles. The summed E-state index contributed by atoms with van der Waals surface area (Å²) in [5.41, 5.74) is 0.214. The summed E-state index contributed by atoms with van der Waals surface area (Å²) in [5, 5.41) is 12.5. The Labute approximate surface area is 126 Å². The molecule has 0 aliphatic carbocycles. The number of nitrogens with one attached hydrogen (secondary N) is 1. The van der Waals surface area contributed by atoms with Gasteiger partial charge in [0.25, 0.3) is 0 Å². The van der Waals surface area contributed by atoms with Crippen molar-refractivity contribution in [2.75, 3.05) is 26.7 Å². The van der Waals surface area contributed by atoms with E-state index in [-0.39, 0.29) is 6.03 Å². The molecule has 1 aromatic carbocycles. The maximum Gasteiger partial charge on any atom is 0.317 e. The zero-order chi connectivity index (χ0) is 15.9. The molecule has 5 heteroatoms. The predicted octanol–water partition coefficient (Wildman–Crippen LogP) is 2.18. The lowest BCUT2D eigenvalue weighted by Gasteiger charge is -2.25. The van der Waals surface area contributed by atoms with Gasteiger partial charge in [0, 0.05) is 13.6 Å². The minimum atomic E-state index is -0.889. The number of carbonyl (C=O) groups excluding carboxylic acids is 1. The Morgan fingerprint density at radius 2 is 2.05 bits per heavy atom. The Morgan fingerprint density at radius 1 is 1.38 bits per heavy atom. The van der Waals surface area contributed by atoms with E-state index in [1.165, 1.54) is 4.90 Å². The summed E-state index contributed by atoms with van der Waals surface area (Å²) in [7, 11) is 1.66. The highest BCUT2D eigenvalue weighted by molar-refractivity contribution is 5.73. The van der Waals surface area contributed by atoms with Crippen molar-refractivity contribution in [3.8, 4) is 5.75 Å². The highest BCUT2D eigenvalue weighted by atomic mass is 16.5. The van der Waals surface area contributed by atoms with Gasteiger partial charge >= 0.3 is 6.03 Å². The fraction of sp³-hybridized carbons (Fsp3) is 0.562. The van der Waals surface area contributed by atoms with Gasteiger partial charge in [0.1, 0.15) is 5.75 Å². The molecular formula is C16H26N2O3. The van der Waals surface area contributed by atoms with E-state index >= 15 is 0 Å². The number of ether oxygens (including phenoxy) is 1. The molecule has 0 heterocycles. The molecule has 0 saturated heterocycles. The van der Waals surface area contributed by atoms with E-state index in [9.17, 15) is 9.90 Å². The van der Waals surface area contributed by atoms with Gasteiger partial charge in [-0.15, -0.1) is 0 Å². The average molecular weight is 294 g/mol. The van der Waals surface area contributed by atoms with Crippen molar-refractivity contribution < 1.29 is 14.6 Å². The lowest BCUT2D eigenvalue weighted by molar-refractivity contribution is 0.0532. The average Bonchev–Trinajstić information content (AvgIpc) is 2.38. The second-order valence-corrected chi connectivity index (χ2v) is 5.87. The van der Waals surface area contributed by atoms with Crippen LogP contribution in [0.5, 0.6) is 5.75 Å². The molecule has 1 rings (SSSR count). The third-order valence-electron chi connectivity index (χ3n) is 2.92. The Bertz CT molecular complexity index is 455. The monoisotopic (exact) mass is 294 g/mol. The fourth-order valence-electron chi connectivity index (χ4n) is 1.96. The van der Waals surface area contributed by atoms with Gasteiger partial charge in [-0.05, 0) is 38.8 Å². The van der Waals surface area contributed by atoms with E-state index in [1.54, 1.807) is 20.9 Å². The minimum Gasteiger partial charge on any atom is -0.493 e. The number of urea groups is 1. The predicted molar refractivity (Wildman–Crippen MR) is 83.6 cm³/mol. The Morgan fingerprint density at radius 3 is 2.67 bits per heavy atom. The third kappa shape index (κ3) is 6.99. The number of rotatable bonds is 7. The largest absolute Gasteiger partial charge is 0.493 e. The van der Waals surface area contributed by atoms with Gasteiger partial charge in [-0.25, -0.2) is 4.79 Å². The summed E-state index contributed by atoms with van der Waals surface area (Å²) in [4.78, 5) is 13.2. The molecule has 0 radical (unpaired) electrons. The van der Waals surface area contributed by atoms with Crippen molar-refractivity contribution in [1.29, 1.82) is 0 Å². The summed E-state index contributed by atoms with van der Waals surface area (Å²) in [6.45, 7) is 6.74. The van der Waals surface area contributed by atoms with Crippen molar-refractivity contribution in [3.63, 3.8) is 0 Å². The van der Waals surface area contributed by atoms with Gasteiger partial charge in [0.05, 0.1) is 18.8 Å². The molecule has 2 N–H and O–H groups in total. The molecule has 0 spiro atoms. The molecule has 1 aromatic rings. The van der Waals surface area contributed by atoms with Crippen LogP contribution >= 0.6 is 0 Å². The van der Waals surface area contributed by atoms with E-state index in [0.717, 1.165) is 17.7 Å². The molecule has 0 fully saturated rings. The van der Waals surface area contributed by atoms with Gasteiger partial charge < -0.3 is 20.1 Å². The van der Waals surface area contributed by atoms with Crippen LogP contribution in [0.25, 0.3) is 0 Å². The Hall–Kier alpha value is -1.75. The first-order chi connectivity index (χ1) is 9.79. The molecule has 0 bridgehead atoms. The van der Waals surface area contributed by atoms with E-state index in [2.05, 4.69) is 5.32 Å². The van der Waals surface area contributed by atoms with Crippen molar-refractivity contribution in [2.45, 2.75) is 32.8 Å². The van der Waals surface area contributed by atoms with Crippen LogP contribution in [0.3, 0.4) is 0 Å². The molecule has 0 atom stereocenters. The van der Waals surface area contributed by atoms with Crippen molar-refractivity contribution in [3.05, 3.63) is 29.8 Å². The molecule has 118 valence electrons. The van der Waals surface area contributed by atoms with Crippen molar-refractivity contribution >= 4 is 6.03 Å². The van der Waals surface area contributed by atoms with Crippen LogP contribution in [-0.4, -0.2) is 48.4 Å². The number of aliphatic hydroxyl groups is 1. The van der Waals surface area contributed by atoms with E-state index in [0.29, 0.717) is 19.7 Å². The van der Waals surface area contributed by atoms with Crippen LogP contribution in [0.15, 0.2) is 24.3 Å². The minimum absolute atomic E-state index is 0.187. The first-order valence-corrected chi connectivity index (χ1v) is 7.19. The van der Waals surface area contributed by atoms with Crippen molar-refractivity contribution in [1.82, 2.24) is 10.2 Å². The molecule has 0 aliphatic rings. The molecule has 0 unspecified atom stereocenters. The van der Waals surface area contributed by atoms with Gasteiger partial charge in [-0.3, -0.25) is 0 Å². The SMILES string of the molecule is Cc1ccccc1OCCCNC(=O)N(C)CC(C)(C)O. The lowest BCUT2D eigenvalue weighted by Crippen LogP contribution is -2.45. The number of carbonyl (C=O) groups is 1. The molecule has 0 aromatic heterocycles. The fourth-order valence-corrected chi connectivity index (χ4v) is 1.96. The van der Waals surface area contributed by atoms with E-state index in [4.69, 9.17) is 4.74 Å². The second-order valence-electron chi connectivity index (χ2n) is 5.87. The van der Waals surface area contributed by atoms with Crippen LogP contribution in [0.4, 0.5) is 4.79 Å². The van der Waals surface area contributed by atoms with E-state index < -0.39 is 5.60 Å². The van der Waals surface area contributed by atoms with Crippen LogP contribution in [-0.2, 0) is 0 Å². The zero-order valence-electron chi connectivity index (χ0n) is 13.3. The summed E-state index contributed by atoms with van der Waals surface area (Å²) in [6.07, 6.45) is 0.733. The second kappa shape index (κ2) is 7.88. The van der Waals surface area contributed by atoms with Crippen molar-refractivity contribution in [2.24, 2.45) is 0 Å². The molecule has 2 amide bonds. The first-order valence-electron chi connectivity index (χ1n) is 7.19. The lowest BCUT2D eigenvalue weighted by atomic mass is 10.1. The molecule has 0 aliphatic heterocycles. The van der Waals surface area contributed by atoms with E-state index in [1.807, 2.05) is 31.2 Å². The van der Waals surface area contributed by atoms with Gasteiger partial charge in [0.2, 0.25) is 0 Å². The smallest absolute Gasteiger partial charge is 0.317 e.